The summed E-state index contributed by atoms with van der Waals surface area (Å²) >= 11 is 5.93. The van der Waals surface area contributed by atoms with Gasteiger partial charge in [-0.05, 0) is 12.1 Å². The van der Waals surface area contributed by atoms with E-state index in [4.69, 9.17) is 21.1 Å². The number of ether oxygens (including phenoxy) is 2. The van der Waals surface area contributed by atoms with E-state index < -0.39 is 0 Å². The number of hydrogen-bond donors (Lipinski definition) is 1. The predicted molar refractivity (Wildman–Crippen MR) is 74.0 cm³/mol. The number of aromatic nitrogens is 2. The van der Waals surface area contributed by atoms with Crippen molar-refractivity contribution in [2.75, 3.05) is 25.6 Å². The van der Waals surface area contributed by atoms with Crippen LogP contribution >= 0.6 is 11.6 Å². The smallest absolute Gasteiger partial charge is 0.237 e. The van der Waals surface area contributed by atoms with Crippen LogP contribution in [-0.4, -0.2) is 30.2 Å². The fraction of sp³-hybridized carbons (Fsp3) is 0.231. The Kier molecular flexibility index (Phi) is 4.80. The molecule has 1 N–H and O–H groups in total. The molecule has 1 aromatic carbocycles. The van der Waals surface area contributed by atoms with Gasteiger partial charge in [0.15, 0.2) is 0 Å². The summed E-state index contributed by atoms with van der Waals surface area (Å²) in [6.45, 7) is 0.772. The van der Waals surface area contributed by atoms with Gasteiger partial charge in [-0.15, -0.1) is 0 Å². The molecule has 0 aliphatic carbocycles. The first-order valence-electron chi connectivity index (χ1n) is 5.80. The van der Waals surface area contributed by atoms with Crippen LogP contribution in [0.15, 0.2) is 36.5 Å². The van der Waals surface area contributed by atoms with Crippen LogP contribution in [-0.2, 0) is 0 Å². The number of anilines is 1. The molecule has 0 saturated heterocycles. The Morgan fingerprint density at radius 1 is 1.16 bits per heavy atom. The largest absolute Gasteiger partial charge is 0.490 e. The van der Waals surface area contributed by atoms with E-state index >= 15 is 0 Å². The first kappa shape index (κ1) is 13.4. The van der Waals surface area contributed by atoms with Crippen LogP contribution in [0.2, 0.25) is 5.02 Å². The van der Waals surface area contributed by atoms with Gasteiger partial charge >= 0.3 is 0 Å². The fourth-order valence-electron chi connectivity index (χ4n) is 1.39. The van der Waals surface area contributed by atoms with Crippen molar-refractivity contribution in [2.45, 2.75) is 0 Å². The number of hydrogen-bond acceptors (Lipinski definition) is 5. The summed E-state index contributed by atoms with van der Waals surface area (Å²) < 4.78 is 10.9. The van der Waals surface area contributed by atoms with Gasteiger partial charge in [0.1, 0.15) is 24.0 Å². The van der Waals surface area contributed by atoms with Crippen LogP contribution in [0.1, 0.15) is 0 Å². The topological polar surface area (TPSA) is 56.3 Å². The van der Waals surface area contributed by atoms with Gasteiger partial charge < -0.3 is 14.8 Å². The molecule has 0 radical (unpaired) electrons. The number of halogens is 1. The lowest BCUT2D eigenvalue weighted by Gasteiger charge is -2.09. The van der Waals surface area contributed by atoms with Gasteiger partial charge in [-0.25, -0.2) is 4.98 Å². The predicted octanol–water partition coefficient (Wildman–Crippen LogP) is 2.63. The lowest BCUT2D eigenvalue weighted by Crippen LogP contribution is -2.10. The van der Waals surface area contributed by atoms with Crippen LogP contribution in [0.5, 0.6) is 11.6 Å². The first-order chi connectivity index (χ1) is 9.29. The van der Waals surface area contributed by atoms with Crippen LogP contribution in [0.25, 0.3) is 0 Å². The van der Waals surface area contributed by atoms with Gasteiger partial charge in [0.2, 0.25) is 11.8 Å². The number of nitrogens with one attached hydrogen (secondary N) is 1. The van der Waals surface area contributed by atoms with Gasteiger partial charge in [-0.1, -0.05) is 29.8 Å². The molecule has 19 heavy (non-hydrogen) atoms. The second-order valence-electron chi connectivity index (χ2n) is 3.61. The Balaban J connectivity index is 1.82. The summed E-state index contributed by atoms with van der Waals surface area (Å²) in [7, 11) is 1.73. The molecule has 0 fully saturated rings. The molecule has 0 saturated carbocycles. The SMILES string of the molecule is CNc1ncc(Cl)c(OCCOc2ccccc2)n1. The van der Waals surface area contributed by atoms with Gasteiger partial charge in [-0.2, -0.15) is 4.98 Å². The highest BCUT2D eigenvalue weighted by Gasteiger charge is 2.05. The molecule has 0 aliphatic heterocycles. The van der Waals surface area contributed by atoms with Gasteiger partial charge in [0, 0.05) is 7.05 Å². The number of nitrogens with zero attached hydrogens (tertiary/aromatic N) is 2. The van der Waals surface area contributed by atoms with Crippen molar-refractivity contribution in [3.8, 4) is 11.6 Å². The summed E-state index contributed by atoms with van der Waals surface area (Å²) in [6, 6.07) is 9.53. The average molecular weight is 280 g/mol. The van der Waals surface area contributed by atoms with Crippen LogP contribution < -0.4 is 14.8 Å². The van der Waals surface area contributed by atoms with Crippen molar-refractivity contribution in [3.05, 3.63) is 41.6 Å². The van der Waals surface area contributed by atoms with Gasteiger partial charge in [0.05, 0.1) is 6.20 Å². The Bertz CT molecular complexity index is 523. The zero-order valence-electron chi connectivity index (χ0n) is 10.5. The molecular formula is C13H14ClN3O2. The van der Waals surface area contributed by atoms with Crippen molar-refractivity contribution < 1.29 is 9.47 Å². The lowest BCUT2D eigenvalue weighted by atomic mass is 10.3. The molecule has 0 aliphatic rings. The third kappa shape index (κ3) is 3.99. The quantitative estimate of drug-likeness (QED) is 0.824. The normalized spacial score (nSPS) is 10.0. The van der Waals surface area contributed by atoms with E-state index in [1.54, 1.807) is 7.05 Å². The Morgan fingerprint density at radius 3 is 2.63 bits per heavy atom. The van der Waals surface area contributed by atoms with Crippen LogP contribution in [0.4, 0.5) is 5.95 Å². The highest BCUT2D eigenvalue weighted by atomic mass is 35.5. The van der Waals surface area contributed by atoms with E-state index in [-0.39, 0.29) is 0 Å². The minimum Gasteiger partial charge on any atom is -0.490 e. The Hall–Kier alpha value is -2.01. The fourth-order valence-corrected chi connectivity index (χ4v) is 1.53. The van der Waals surface area contributed by atoms with Crippen LogP contribution in [0, 0.1) is 0 Å². The molecule has 0 unspecified atom stereocenters. The molecule has 1 aromatic heterocycles. The van der Waals surface area contributed by atoms with E-state index in [0.717, 1.165) is 5.75 Å². The molecule has 0 atom stereocenters. The van der Waals surface area contributed by atoms with E-state index in [0.29, 0.717) is 30.1 Å². The average Bonchev–Trinajstić information content (AvgIpc) is 2.46. The van der Waals surface area contributed by atoms with Crippen LogP contribution in [0.3, 0.4) is 0 Å². The number of para-hydroxylation sites is 1. The monoisotopic (exact) mass is 279 g/mol. The number of benzene rings is 1. The van der Waals surface area contributed by atoms with E-state index in [9.17, 15) is 0 Å². The molecule has 2 aromatic rings. The van der Waals surface area contributed by atoms with Crippen molar-refractivity contribution >= 4 is 17.5 Å². The maximum atomic E-state index is 5.93. The zero-order valence-corrected chi connectivity index (χ0v) is 11.2. The minimum atomic E-state index is 0.345. The van der Waals surface area contributed by atoms with Crippen molar-refractivity contribution in [1.82, 2.24) is 9.97 Å². The second kappa shape index (κ2) is 6.80. The zero-order chi connectivity index (χ0) is 13.5. The molecule has 0 bridgehead atoms. The third-order valence-electron chi connectivity index (χ3n) is 2.27. The Morgan fingerprint density at radius 2 is 1.89 bits per heavy atom. The highest BCUT2D eigenvalue weighted by molar-refractivity contribution is 6.31. The van der Waals surface area contributed by atoms with E-state index in [1.165, 1.54) is 6.20 Å². The summed E-state index contributed by atoms with van der Waals surface area (Å²) in [5.74, 6) is 1.61. The van der Waals surface area contributed by atoms with Crippen molar-refractivity contribution in [3.63, 3.8) is 0 Å². The van der Waals surface area contributed by atoms with Crippen molar-refractivity contribution in [2.24, 2.45) is 0 Å². The maximum absolute atomic E-state index is 5.93. The molecule has 0 spiro atoms. The summed E-state index contributed by atoms with van der Waals surface area (Å²) in [4.78, 5) is 8.07. The minimum absolute atomic E-state index is 0.345. The summed E-state index contributed by atoms with van der Waals surface area (Å²) in [5.41, 5.74) is 0. The molecule has 100 valence electrons. The lowest BCUT2D eigenvalue weighted by molar-refractivity contribution is 0.212. The van der Waals surface area contributed by atoms with Gasteiger partial charge in [-0.3, -0.25) is 0 Å². The van der Waals surface area contributed by atoms with Crippen molar-refractivity contribution in [1.29, 1.82) is 0 Å². The second-order valence-corrected chi connectivity index (χ2v) is 4.01. The standard InChI is InChI=1S/C13H14ClN3O2/c1-15-13-16-9-11(14)12(17-13)19-8-7-18-10-5-3-2-4-6-10/h2-6,9H,7-8H2,1H3,(H,15,16,17). The molecule has 2 rings (SSSR count). The molecule has 5 nitrogen and oxygen atoms in total. The molecular weight excluding hydrogens is 266 g/mol. The van der Waals surface area contributed by atoms with E-state index in [2.05, 4.69) is 15.3 Å². The third-order valence-corrected chi connectivity index (χ3v) is 2.53. The Labute approximate surface area is 116 Å². The van der Waals surface area contributed by atoms with E-state index in [1.807, 2.05) is 30.3 Å². The highest BCUT2D eigenvalue weighted by Crippen LogP contribution is 2.21. The molecule has 1 heterocycles. The molecule has 6 heteroatoms. The first-order valence-corrected chi connectivity index (χ1v) is 6.18. The molecule has 0 amide bonds. The van der Waals surface area contributed by atoms with Gasteiger partial charge in [0.25, 0.3) is 0 Å². The summed E-state index contributed by atoms with van der Waals surface area (Å²) in [5, 5.41) is 3.19. The summed E-state index contributed by atoms with van der Waals surface area (Å²) in [6.07, 6.45) is 1.49. The maximum Gasteiger partial charge on any atom is 0.237 e. The number of rotatable bonds is 6.